The molecule has 2 aromatic heterocycles. The van der Waals surface area contributed by atoms with E-state index in [9.17, 15) is 28.8 Å². The number of rotatable bonds is 21. The molecule has 0 aliphatic heterocycles. The lowest BCUT2D eigenvalue weighted by molar-refractivity contribution is -0.134. The summed E-state index contributed by atoms with van der Waals surface area (Å²) in [5, 5.41) is 14.1. The van der Waals surface area contributed by atoms with Crippen molar-refractivity contribution in [2.45, 2.75) is 69.2 Å². The summed E-state index contributed by atoms with van der Waals surface area (Å²) < 4.78 is 0. The number of para-hydroxylation sites is 1. The molecule has 56 heavy (non-hydrogen) atoms. The first kappa shape index (κ1) is 42.4. The van der Waals surface area contributed by atoms with Gasteiger partial charge in [0, 0.05) is 67.5 Å². The second-order valence-electron chi connectivity index (χ2n) is 13.1. The van der Waals surface area contributed by atoms with Gasteiger partial charge in [0.15, 0.2) is 5.96 Å². The van der Waals surface area contributed by atoms with Gasteiger partial charge in [0.1, 0.15) is 30.2 Å². The topological polar surface area (TPSA) is 297 Å². The number of aliphatic imine (C=N–C) groups is 1. The predicted octanol–water partition coefficient (Wildman–Crippen LogP) is -1.17. The van der Waals surface area contributed by atoms with E-state index in [1.807, 2.05) is 24.3 Å². The van der Waals surface area contributed by atoms with Gasteiger partial charge < -0.3 is 53.8 Å². The van der Waals surface area contributed by atoms with E-state index in [-0.39, 0.29) is 50.4 Å². The molecule has 4 aromatic rings. The number of nitrogens with one attached hydrogen (secondary N) is 7. The Bertz CT molecular complexity index is 1980. The zero-order valence-corrected chi connectivity index (χ0v) is 31.7. The van der Waals surface area contributed by atoms with E-state index in [1.165, 1.54) is 19.4 Å². The Labute approximate surface area is 328 Å². The Morgan fingerprint density at radius 1 is 0.732 bits per heavy atom. The molecule has 6 amide bonds. The van der Waals surface area contributed by atoms with Crippen molar-refractivity contribution in [3.05, 3.63) is 90.1 Å². The van der Waals surface area contributed by atoms with Gasteiger partial charge in [-0.1, -0.05) is 48.5 Å². The number of primary amides is 1. The maximum atomic E-state index is 14.0. The number of hydrogen-bond acceptors (Lipinski definition) is 9. The average Bonchev–Trinajstić information content (AvgIpc) is 3.84. The molecule has 13 N–H and O–H groups in total. The number of guanidine groups is 1. The van der Waals surface area contributed by atoms with Gasteiger partial charge in [-0.15, -0.1) is 0 Å². The van der Waals surface area contributed by atoms with E-state index < -0.39 is 65.7 Å². The van der Waals surface area contributed by atoms with Gasteiger partial charge in [0.05, 0.1) is 6.33 Å². The van der Waals surface area contributed by atoms with Crippen molar-refractivity contribution in [3.63, 3.8) is 0 Å². The number of carbonyl (C=O) groups excluding carboxylic acids is 6. The van der Waals surface area contributed by atoms with Crippen molar-refractivity contribution >= 4 is 64.9 Å². The van der Waals surface area contributed by atoms with Crippen LogP contribution in [0.2, 0.25) is 0 Å². The van der Waals surface area contributed by atoms with Gasteiger partial charge in [-0.05, 0) is 30.0 Å². The predicted molar refractivity (Wildman–Crippen MR) is 213 cm³/mol. The molecule has 19 heteroatoms. The summed E-state index contributed by atoms with van der Waals surface area (Å²) >= 11 is 4.27. The van der Waals surface area contributed by atoms with Gasteiger partial charge in [-0.25, -0.2) is 4.98 Å². The molecule has 18 nitrogen and oxygen atoms in total. The first-order valence-corrected chi connectivity index (χ1v) is 18.5. The van der Waals surface area contributed by atoms with Crippen molar-refractivity contribution in [1.29, 1.82) is 0 Å². The minimum Gasteiger partial charge on any atom is -0.370 e. The van der Waals surface area contributed by atoms with Crippen molar-refractivity contribution in [2.24, 2.45) is 22.2 Å². The lowest BCUT2D eigenvalue weighted by atomic mass is 10.0. The van der Waals surface area contributed by atoms with Crippen molar-refractivity contribution in [1.82, 2.24) is 41.5 Å². The number of carbonyl (C=O) groups is 6. The highest BCUT2D eigenvalue weighted by Gasteiger charge is 2.32. The quantitative estimate of drug-likeness (QED) is 0.0210. The zero-order chi connectivity index (χ0) is 40.6. The molecule has 2 heterocycles. The van der Waals surface area contributed by atoms with Gasteiger partial charge in [0.2, 0.25) is 35.4 Å². The number of aromatic amines is 2. The van der Waals surface area contributed by atoms with Crippen LogP contribution >= 0.6 is 12.6 Å². The Kier molecular flexibility index (Phi) is 15.8. The third kappa shape index (κ3) is 12.9. The van der Waals surface area contributed by atoms with Crippen LogP contribution in [-0.4, -0.2) is 98.9 Å². The number of imidazole rings is 1. The summed E-state index contributed by atoms with van der Waals surface area (Å²) in [6, 6.07) is 10.5. The highest BCUT2D eigenvalue weighted by atomic mass is 32.1. The highest BCUT2D eigenvalue weighted by Crippen LogP contribution is 2.19. The lowest BCUT2D eigenvalue weighted by Crippen LogP contribution is -2.60. The second-order valence-corrected chi connectivity index (χ2v) is 13.4. The third-order valence-electron chi connectivity index (χ3n) is 8.74. The maximum absolute atomic E-state index is 14.0. The molecule has 0 radical (unpaired) electrons. The molecule has 0 aliphatic rings. The van der Waals surface area contributed by atoms with E-state index in [1.54, 1.807) is 36.5 Å². The molecule has 298 valence electrons. The van der Waals surface area contributed by atoms with E-state index in [4.69, 9.17) is 17.2 Å². The number of amides is 6. The summed E-state index contributed by atoms with van der Waals surface area (Å²) in [4.78, 5) is 93.4. The lowest BCUT2D eigenvalue weighted by Gasteiger charge is -2.26. The normalized spacial score (nSPS) is 13.6. The fraction of sp³-hybridized carbons (Fsp3) is 0.351. The summed E-state index contributed by atoms with van der Waals surface area (Å²) in [6.45, 7) is 1.39. The van der Waals surface area contributed by atoms with Crippen LogP contribution in [0.25, 0.3) is 10.9 Å². The Morgan fingerprint density at radius 2 is 1.34 bits per heavy atom. The number of hydrogen-bond donors (Lipinski definition) is 11. The summed E-state index contributed by atoms with van der Waals surface area (Å²) in [6.07, 6.45) is 5.13. The fourth-order valence-electron chi connectivity index (χ4n) is 5.93. The van der Waals surface area contributed by atoms with Crippen LogP contribution in [0, 0.1) is 0 Å². The number of H-pyrrole nitrogens is 2. The highest BCUT2D eigenvalue weighted by molar-refractivity contribution is 7.80. The van der Waals surface area contributed by atoms with Gasteiger partial charge in [-0.3, -0.25) is 33.8 Å². The number of fused-ring (bicyclic) bond motifs is 1. The van der Waals surface area contributed by atoms with E-state index in [0.29, 0.717) is 11.3 Å². The molecule has 0 saturated heterocycles. The van der Waals surface area contributed by atoms with Crippen molar-refractivity contribution < 1.29 is 28.8 Å². The second kappa shape index (κ2) is 20.9. The van der Waals surface area contributed by atoms with Crippen LogP contribution in [0.3, 0.4) is 0 Å². The van der Waals surface area contributed by atoms with E-state index >= 15 is 0 Å². The van der Waals surface area contributed by atoms with Gasteiger partial charge in [-0.2, -0.15) is 12.6 Å². The molecule has 2 aromatic carbocycles. The Balaban J connectivity index is 1.52. The van der Waals surface area contributed by atoms with E-state index in [2.05, 4.69) is 59.2 Å². The third-order valence-corrected chi connectivity index (χ3v) is 9.11. The summed E-state index contributed by atoms with van der Waals surface area (Å²) in [5.41, 5.74) is 19.5. The van der Waals surface area contributed by atoms with Gasteiger partial charge in [0.25, 0.3) is 0 Å². The monoisotopic (exact) mass is 788 g/mol. The molecule has 0 spiro atoms. The van der Waals surface area contributed by atoms with Crippen LogP contribution in [0.4, 0.5) is 0 Å². The first-order chi connectivity index (χ1) is 26.8. The molecule has 0 unspecified atom stereocenters. The van der Waals surface area contributed by atoms with Crippen LogP contribution in [-0.2, 0) is 48.0 Å². The molecule has 0 fully saturated rings. The maximum Gasteiger partial charge on any atom is 0.244 e. The average molecular weight is 789 g/mol. The van der Waals surface area contributed by atoms with Crippen LogP contribution in [0.15, 0.2) is 78.3 Å². The molecule has 5 atom stereocenters. The van der Waals surface area contributed by atoms with Gasteiger partial charge >= 0.3 is 0 Å². The zero-order valence-electron chi connectivity index (χ0n) is 30.8. The number of aromatic nitrogens is 3. The molecule has 0 saturated carbocycles. The Hall–Kier alpha value is -6.37. The molecular formula is C37H48N12O6S. The standard InChI is InChI=1S/C37H48N12O6S/c1-21(50)45-30(16-24-18-41-20-44-24)35(54)48-29(14-22-8-3-2-4-9-22)34(53)46-27(12-7-13-42-37(39)40)33(52)49-31(19-56)36(55)47-28(32(38)51)15-23-17-43-26-11-6-5-10-25(23)26/h2-6,8-11,17-18,20,27-31,43,56H,7,12-16,19H2,1H3,(H2,38,51)(H,41,44)(H,45,50)(H,46,53)(H,47,55)(H,48,54)(H,49,52)(H4,39,40,42)/t27-,28-,29-,30-,31-/m0/s1. The number of thiol groups is 1. The van der Waals surface area contributed by atoms with Crippen LogP contribution < -0.4 is 43.8 Å². The largest absolute Gasteiger partial charge is 0.370 e. The van der Waals surface area contributed by atoms with E-state index in [0.717, 1.165) is 16.5 Å². The van der Waals surface area contributed by atoms with Crippen LogP contribution in [0.1, 0.15) is 36.6 Å². The molecule has 0 bridgehead atoms. The van der Waals surface area contributed by atoms with Crippen molar-refractivity contribution in [3.8, 4) is 0 Å². The molecule has 4 rings (SSSR count). The fourth-order valence-corrected chi connectivity index (χ4v) is 6.19. The summed E-state index contributed by atoms with van der Waals surface area (Å²) in [7, 11) is 0. The SMILES string of the molecule is CC(=O)N[C@@H](Cc1cnc[nH]1)C(=O)N[C@@H](Cc1ccccc1)C(=O)N[C@@H](CCCN=C(N)N)C(=O)N[C@@H](CS)C(=O)N[C@@H](Cc1c[nH]c2ccccc12)C(N)=O. The first-order valence-electron chi connectivity index (χ1n) is 17.8. The Morgan fingerprint density at radius 3 is 1.98 bits per heavy atom. The number of benzene rings is 2. The number of nitrogens with two attached hydrogens (primary N) is 3. The molecular weight excluding hydrogens is 741 g/mol. The number of nitrogens with zero attached hydrogens (tertiary/aromatic N) is 2. The minimum atomic E-state index is -1.24. The smallest absolute Gasteiger partial charge is 0.244 e. The summed E-state index contributed by atoms with van der Waals surface area (Å²) in [5.74, 6) is -4.41. The molecule has 0 aliphatic carbocycles. The minimum absolute atomic E-state index is 0.0279. The van der Waals surface area contributed by atoms with Crippen LogP contribution in [0.5, 0.6) is 0 Å². The van der Waals surface area contributed by atoms with Crippen molar-refractivity contribution in [2.75, 3.05) is 12.3 Å².